The lowest BCUT2D eigenvalue weighted by molar-refractivity contribution is 0.415. The molecule has 1 N–H and O–H groups in total. The molecule has 1 aromatic carbocycles. The van der Waals surface area contributed by atoms with Crippen molar-refractivity contribution < 1.29 is 4.74 Å². The highest BCUT2D eigenvalue weighted by Gasteiger charge is 2.26. The van der Waals surface area contributed by atoms with Gasteiger partial charge in [-0.2, -0.15) is 0 Å². The number of nitrogens with zero attached hydrogens (tertiary/aromatic N) is 2. The van der Waals surface area contributed by atoms with E-state index in [-0.39, 0.29) is 0 Å². The van der Waals surface area contributed by atoms with E-state index in [0.29, 0.717) is 16.8 Å². The second-order valence-corrected chi connectivity index (χ2v) is 5.23. The Morgan fingerprint density at radius 3 is 2.84 bits per heavy atom. The van der Waals surface area contributed by atoms with Crippen LogP contribution >= 0.6 is 11.6 Å². The SMILES string of the molecule is COc1ccc(Nc2nc(C)cn2C2CC2)cc1Cl. The smallest absolute Gasteiger partial charge is 0.207 e. The summed E-state index contributed by atoms with van der Waals surface area (Å²) in [4.78, 5) is 4.52. The van der Waals surface area contributed by atoms with E-state index in [4.69, 9.17) is 16.3 Å². The molecule has 3 rings (SSSR count). The highest BCUT2D eigenvalue weighted by atomic mass is 35.5. The summed E-state index contributed by atoms with van der Waals surface area (Å²) >= 11 is 6.12. The Kier molecular flexibility index (Phi) is 3.11. The van der Waals surface area contributed by atoms with E-state index in [1.807, 2.05) is 25.1 Å². The maximum atomic E-state index is 6.12. The van der Waals surface area contributed by atoms with Crippen LogP contribution in [-0.2, 0) is 0 Å². The first kappa shape index (κ1) is 12.4. The summed E-state index contributed by atoms with van der Waals surface area (Å²) in [5.74, 6) is 1.55. The molecule has 0 spiro atoms. The molecule has 1 aliphatic rings. The topological polar surface area (TPSA) is 39.1 Å². The molecule has 19 heavy (non-hydrogen) atoms. The van der Waals surface area contributed by atoms with Crippen molar-refractivity contribution in [2.45, 2.75) is 25.8 Å². The number of hydrogen-bond acceptors (Lipinski definition) is 3. The van der Waals surface area contributed by atoms with E-state index < -0.39 is 0 Å². The molecule has 0 radical (unpaired) electrons. The summed E-state index contributed by atoms with van der Waals surface area (Å²) in [7, 11) is 1.61. The standard InChI is InChI=1S/C14H16ClN3O/c1-9-8-18(11-4-5-11)14(16-9)17-10-3-6-13(19-2)12(15)7-10/h3,6-8,11H,4-5H2,1-2H3,(H,16,17). The van der Waals surface area contributed by atoms with Crippen molar-refractivity contribution in [2.75, 3.05) is 12.4 Å². The predicted octanol–water partition coefficient (Wildman–Crippen LogP) is 3.93. The second kappa shape index (κ2) is 4.78. The fourth-order valence-corrected chi connectivity index (χ4v) is 2.37. The predicted molar refractivity (Wildman–Crippen MR) is 76.5 cm³/mol. The van der Waals surface area contributed by atoms with Crippen molar-refractivity contribution >= 4 is 23.2 Å². The van der Waals surface area contributed by atoms with Gasteiger partial charge in [-0.05, 0) is 38.0 Å². The molecule has 2 aromatic rings. The van der Waals surface area contributed by atoms with Crippen LogP contribution in [0.5, 0.6) is 5.75 Å². The monoisotopic (exact) mass is 277 g/mol. The highest BCUT2D eigenvalue weighted by molar-refractivity contribution is 6.32. The van der Waals surface area contributed by atoms with Crippen LogP contribution < -0.4 is 10.1 Å². The molecular weight excluding hydrogens is 262 g/mol. The Morgan fingerprint density at radius 2 is 2.21 bits per heavy atom. The Hall–Kier alpha value is -1.68. The molecule has 0 atom stereocenters. The van der Waals surface area contributed by atoms with Gasteiger partial charge in [0.25, 0.3) is 0 Å². The van der Waals surface area contributed by atoms with Gasteiger partial charge in [0, 0.05) is 17.9 Å². The Morgan fingerprint density at radius 1 is 1.42 bits per heavy atom. The van der Waals surface area contributed by atoms with Crippen molar-refractivity contribution in [1.82, 2.24) is 9.55 Å². The molecule has 0 aliphatic heterocycles. The molecular formula is C14H16ClN3O. The molecule has 1 aliphatic carbocycles. The first-order valence-corrected chi connectivity index (χ1v) is 6.71. The lowest BCUT2D eigenvalue weighted by Crippen LogP contribution is -2.01. The van der Waals surface area contributed by atoms with E-state index >= 15 is 0 Å². The zero-order valence-electron chi connectivity index (χ0n) is 11.0. The number of rotatable bonds is 4. The molecule has 0 unspecified atom stereocenters. The molecule has 100 valence electrons. The number of imidazole rings is 1. The zero-order valence-corrected chi connectivity index (χ0v) is 11.7. The van der Waals surface area contributed by atoms with Crippen LogP contribution in [0.25, 0.3) is 0 Å². The van der Waals surface area contributed by atoms with Gasteiger partial charge in [-0.25, -0.2) is 4.98 Å². The van der Waals surface area contributed by atoms with Crippen LogP contribution in [0.15, 0.2) is 24.4 Å². The summed E-state index contributed by atoms with van der Waals surface area (Å²) in [5.41, 5.74) is 1.94. The van der Waals surface area contributed by atoms with Gasteiger partial charge >= 0.3 is 0 Å². The van der Waals surface area contributed by atoms with Crippen LogP contribution in [0.3, 0.4) is 0 Å². The molecule has 5 heteroatoms. The molecule has 0 bridgehead atoms. The fourth-order valence-electron chi connectivity index (χ4n) is 2.11. The molecule has 1 fully saturated rings. The molecule has 4 nitrogen and oxygen atoms in total. The first-order chi connectivity index (χ1) is 9.17. The number of nitrogens with one attached hydrogen (secondary N) is 1. The van der Waals surface area contributed by atoms with Crippen molar-refractivity contribution in [3.8, 4) is 5.75 Å². The van der Waals surface area contributed by atoms with E-state index in [1.165, 1.54) is 12.8 Å². The Bertz CT molecular complexity index is 605. The van der Waals surface area contributed by atoms with Gasteiger partial charge in [0.2, 0.25) is 5.95 Å². The number of hydrogen-bond donors (Lipinski definition) is 1. The number of aromatic nitrogens is 2. The quantitative estimate of drug-likeness (QED) is 0.920. The average Bonchev–Trinajstić information content (AvgIpc) is 3.15. The average molecular weight is 278 g/mol. The molecule has 1 heterocycles. The summed E-state index contributed by atoms with van der Waals surface area (Å²) in [5, 5.41) is 3.91. The first-order valence-electron chi connectivity index (χ1n) is 6.33. The number of methoxy groups -OCH3 is 1. The fraction of sp³-hybridized carbons (Fsp3) is 0.357. The zero-order chi connectivity index (χ0) is 13.4. The largest absolute Gasteiger partial charge is 0.495 e. The van der Waals surface area contributed by atoms with Crippen LogP contribution in [0, 0.1) is 6.92 Å². The molecule has 1 aromatic heterocycles. The van der Waals surface area contributed by atoms with Crippen molar-refractivity contribution in [3.05, 3.63) is 35.1 Å². The van der Waals surface area contributed by atoms with Gasteiger partial charge in [-0.1, -0.05) is 11.6 Å². The van der Waals surface area contributed by atoms with Crippen molar-refractivity contribution in [2.24, 2.45) is 0 Å². The minimum Gasteiger partial charge on any atom is -0.495 e. The summed E-state index contributed by atoms with van der Waals surface area (Å²) in [6.45, 7) is 2.01. The molecule has 0 saturated heterocycles. The Balaban J connectivity index is 1.86. The molecule has 0 amide bonds. The van der Waals surface area contributed by atoms with Gasteiger partial charge in [0.1, 0.15) is 5.75 Å². The maximum Gasteiger partial charge on any atom is 0.207 e. The van der Waals surface area contributed by atoms with Gasteiger partial charge in [0.05, 0.1) is 17.8 Å². The lowest BCUT2D eigenvalue weighted by atomic mass is 10.3. The third kappa shape index (κ3) is 2.54. The van der Waals surface area contributed by atoms with Gasteiger partial charge < -0.3 is 14.6 Å². The summed E-state index contributed by atoms with van der Waals surface area (Å²) < 4.78 is 7.35. The van der Waals surface area contributed by atoms with Crippen LogP contribution in [0.1, 0.15) is 24.6 Å². The third-order valence-corrected chi connectivity index (χ3v) is 3.50. The number of halogens is 1. The van der Waals surface area contributed by atoms with Crippen LogP contribution in [-0.4, -0.2) is 16.7 Å². The minimum atomic E-state index is 0.591. The van der Waals surface area contributed by atoms with Gasteiger partial charge in [-0.15, -0.1) is 0 Å². The van der Waals surface area contributed by atoms with E-state index in [9.17, 15) is 0 Å². The summed E-state index contributed by atoms with van der Waals surface area (Å²) in [6, 6.07) is 6.23. The van der Waals surface area contributed by atoms with Crippen LogP contribution in [0.4, 0.5) is 11.6 Å². The van der Waals surface area contributed by atoms with Crippen LogP contribution in [0.2, 0.25) is 5.02 Å². The molecule has 1 saturated carbocycles. The highest BCUT2D eigenvalue weighted by Crippen LogP contribution is 2.38. The summed E-state index contributed by atoms with van der Waals surface area (Å²) in [6.07, 6.45) is 4.55. The maximum absolute atomic E-state index is 6.12. The second-order valence-electron chi connectivity index (χ2n) is 4.82. The number of aryl methyl sites for hydroxylation is 1. The number of ether oxygens (including phenoxy) is 1. The Labute approximate surface area is 117 Å². The normalized spacial score (nSPS) is 14.5. The van der Waals surface area contributed by atoms with E-state index in [2.05, 4.69) is 21.1 Å². The van der Waals surface area contributed by atoms with Gasteiger partial charge in [-0.3, -0.25) is 0 Å². The third-order valence-electron chi connectivity index (χ3n) is 3.20. The lowest BCUT2D eigenvalue weighted by Gasteiger charge is -2.10. The number of benzene rings is 1. The minimum absolute atomic E-state index is 0.591. The van der Waals surface area contributed by atoms with E-state index in [0.717, 1.165) is 17.3 Å². The van der Waals surface area contributed by atoms with Crippen molar-refractivity contribution in [1.29, 1.82) is 0 Å². The number of anilines is 2. The van der Waals surface area contributed by atoms with E-state index in [1.54, 1.807) is 7.11 Å². The van der Waals surface area contributed by atoms with Crippen molar-refractivity contribution in [3.63, 3.8) is 0 Å². The van der Waals surface area contributed by atoms with Gasteiger partial charge in [0.15, 0.2) is 0 Å².